The van der Waals surface area contributed by atoms with Crippen LogP contribution in [0.4, 0.5) is 5.82 Å². The van der Waals surface area contributed by atoms with Crippen molar-refractivity contribution in [1.82, 2.24) is 19.8 Å². The van der Waals surface area contributed by atoms with Gasteiger partial charge < -0.3 is 5.32 Å². The first-order valence-electron chi connectivity index (χ1n) is 7.38. The molecule has 1 aliphatic rings. The van der Waals surface area contributed by atoms with Gasteiger partial charge in [-0.05, 0) is 50.4 Å². The summed E-state index contributed by atoms with van der Waals surface area (Å²) in [5.41, 5.74) is 0. The Bertz CT molecular complexity index is 515. The molecular weight excluding hydrogens is 290 g/mol. The predicted octanol–water partition coefficient (Wildman–Crippen LogP) is 0.845. The number of piperidine rings is 1. The maximum Gasteiger partial charge on any atom is 0.302 e. The molecule has 0 atom stereocenters. The van der Waals surface area contributed by atoms with Crippen molar-refractivity contribution in [1.29, 1.82) is 0 Å². The van der Waals surface area contributed by atoms with Crippen molar-refractivity contribution in [3.05, 3.63) is 18.3 Å². The summed E-state index contributed by atoms with van der Waals surface area (Å²) in [5.74, 6) is 0.809. The van der Waals surface area contributed by atoms with Crippen molar-refractivity contribution in [2.75, 3.05) is 30.9 Å². The number of hydrogen-bond acceptors (Lipinski definition) is 5. The summed E-state index contributed by atoms with van der Waals surface area (Å²) in [4.78, 5) is 0. The highest BCUT2D eigenvalue weighted by Crippen LogP contribution is 2.19. The van der Waals surface area contributed by atoms with Gasteiger partial charge in [-0.25, -0.2) is 0 Å². The molecule has 0 unspecified atom stereocenters. The lowest BCUT2D eigenvalue weighted by molar-refractivity contribution is 0.269. The summed E-state index contributed by atoms with van der Waals surface area (Å²) < 4.78 is 28.5. The average Bonchev–Trinajstić information content (AvgIpc) is 2.49. The van der Waals surface area contributed by atoms with Gasteiger partial charge in [0.15, 0.2) is 5.82 Å². The summed E-state index contributed by atoms with van der Waals surface area (Å²) in [6.45, 7) is 5.23. The largest absolute Gasteiger partial charge is 0.316 e. The van der Waals surface area contributed by atoms with Gasteiger partial charge in [0.2, 0.25) is 0 Å². The molecule has 2 N–H and O–H groups in total. The third kappa shape index (κ3) is 4.90. The Morgan fingerprint density at radius 2 is 2.14 bits per heavy atom. The minimum atomic E-state index is -3.52. The topological polar surface area (TPSA) is 87.2 Å². The van der Waals surface area contributed by atoms with Gasteiger partial charge in [-0.2, -0.15) is 17.8 Å². The van der Waals surface area contributed by atoms with Crippen LogP contribution in [0.25, 0.3) is 0 Å². The molecule has 118 valence electrons. The second-order valence-corrected chi connectivity index (χ2v) is 6.93. The van der Waals surface area contributed by atoms with E-state index in [1.54, 1.807) is 12.1 Å². The van der Waals surface area contributed by atoms with E-state index in [9.17, 15) is 8.42 Å². The van der Waals surface area contributed by atoms with Gasteiger partial charge in [0.25, 0.3) is 0 Å². The van der Waals surface area contributed by atoms with Gasteiger partial charge >= 0.3 is 10.2 Å². The molecule has 0 aliphatic carbocycles. The fourth-order valence-electron chi connectivity index (χ4n) is 2.39. The van der Waals surface area contributed by atoms with Crippen LogP contribution in [0.2, 0.25) is 0 Å². The summed E-state index contributed by atoms with van der Waals surface area (Å²) in [5, 5.41) is 10.8. The van der Waals surface area contributed by atoms with Crippen LogP contribution in [0, 0.1) is 5.92 Å². The van der Waals surface area contributed by atoms with E-state index in [0.717, 1.165) is 32.4 Å². The lowest BCUT2D eigenvalue weighted by Crippen LogP contribution is -2.43. The molecule has 0 saturated carbocycles. The molecule has 0 amide bonds. The molecule has 1 saturated heterocycles. The van der Waals surface area contributed by atoms with E-state index in [0.29, 0.717) is 19.0 Å². The molecule has 8 heteroatoms. The lowest BCUT2D eigenvalue weighted by Gasteiger charge is -2.31. The standard InChI is InChI=1S/C13H23N5O2S/c1-2-7-14-11-12-5-9-18(10-6-12)21(19,20)17-13-4-3-8-15-16-13/h3-4,8,12,14H,2,5-7,9-11H2,1H3,(H,16,17). The van der Waals surface area contributed by atoms with E-state index < -0.39 is 10.2 Å². The van der Waals surface area contributed by atoms with Gasteiger partial charge in [-0.3, -0.25) is 4.72 Å². The zero-order valence-electron chi connectivity index (χ0n) is 12.3. The van der Waals surface area contributed by atoms with Gasteiger partial charge in [0, 0.05) is 19.3 Å². The van der Waals surface area contributed by atoms with Crippen LogP contribution >= 0.6 is 0 Å². The van der Waals surface area contributed by atoms with Crippen LogP contribution in [0.15, 0.2) is 18.3 Å². The minimum absolute atomic E-state index is 0.254. The van der Waals surface area contributed by atoms with Gasteiger partial charge in [-0.1, -0.05) is 6.92 Å². The third-order valence-electron chi connectivity index (χ3n) is 3.58. The fraction of sp³-hybridized carbons (Fsp3) is 0.692. The van der Waals surface area contributed by atoms with Crippen LogP contribution in [0.3, 0.4) is 0 Å². The van der Waals surface area contributed by atoms with E-state index in [1.165, 1.54) is 10.5 Å². The Morgan fingerprint density at radius 3 is 2.76 bits per heavy atom. The second kappa shape index (κ2) is 7.67. The zero-order valence-corrected chi connectivity index (χ0v) is 13.1. The van der Waals surface area contributed by atoms with E-state index >= 15 is 0 Å². The Labute approximate surface area is 126 Å². The van der Waals surface area contributed by atoms with Crippen molar-refractivity contribution >= 4 is 16.0 Å². The van der Waals surface area contributed by atoms with Gasteiger partial charge in [0.1, 0.15) is 0 Å². The molecule has 0 radical (unpaired) electrons. The maximum absolute atomic E-state index is 12.3. The first-order valence-corrected chi connectivity index (χ1v) is 8.82. The fourth-order valence-corrected chi connectivity index (χ4v) is 3.58. The quantitative estimate of drug-likeness (QED) is 0.729. The van der Waals surface area contributed by atoms with Crippen LogP contribution in [-0.2, 0) is 10.2 Å². The van der Waals surface area contributed by atoms with Crippen LogP contribution in [0.1, 0.15) is 26.2 Å². The Hall–Kier alpha value is -1.25. The van der Waals surface area contributed by atoms with Gasteiger partial charge in [-0.15, -0.1) is 5.10 Å². The van der Waals surface area contributed by atoms with Crippen molar-refractivity contribution in [2.24, 2.45) is 5.92 Å². The van der Waals surface area contributed by atoms with Crippen molar-refractivity contribution in [2.45, 2.75) is 26.2 Å². The number of anilines is 1. The normalized spacial score (nSPS) is 17.8. The highest BCUT2D eigenvalue weighted by atomic mass is 32.2. The van der Waals surface area contributed by atoms with Gasteiger partial charge in [0.05, 0.1) is 0 Å². The number of nitrogens with one attached hydrogen (secondary N) is 2. The molecule has 7 nitrogen and oxygen atoms in total. The molecule has 1 aromatic heterocycles. The number of rotatable bonds is 7. The molecular formula is C13H23N5O2S. The first-order chi connectivity index (χ1) is 10.1. The lowest BCUT2D eigenvalue weighted by atomic mass is 9.98. The first kappa shape index (κ1) is 16.1. The molecule has 0 spiro atoms. The second-order valence-electron chi connectivity index (χ2n) is 5.26. The van der Waals surface area contributed by atoms with E-state index in [2.05, 4.69) is 27.2 Å². The highest BCUT2D eigenvalue weighted by molar-refractivity contribution is 7.90. The molecule has 2 heterocycles. The van der Waals surface area contributed by atoms with Crippen LogP contribution in [-0.4, -0.2) is 49.1 Å². The smallest absolute Gasteiger partial charge is 0.302 e. The molecule has 1 aromatic rings. The third-order valence-corrected chi connectivity index (χ3v) is 5.09. The number of aromatic nitrogens is 2. The van der Waals surface area contributed by atoms with E-state index in [-0.39, 0.29) is 5.82 Å². The molecule has 0 aromatic carbocycles. The Kier molecular flexibility index (Phi) is 5.89. The van der Waals surface area contributed by atoms with Crippen LogP contribution < -0.4 is 10.0 Å². The van der Waals surface area contributed by atoms with E-state index in [1.807, 2.05) is 0 Å². The number of nitrogens with zero attached hydrogens (tertiary/aromatic N) is 3. The van der Waals surface area contributed by atoms with E-state index in [4.69, 9.17) is 0 Å². The summed E-state index contributed by atoms with van der Waals surface area (Å²) in [6.07, 6.45) is 4.40. The number of hydrogen-bond donors (Lipinski definition) is 2. The van der Waals surface area contributed by atoms with Crippen LogP contribution in [0.5, 0.6) is 0 Å². The van der Waals surface area contributed by atoms with Crippen molar-refractivity contribution in [3.8, 4) is 0 Å². The average molecular weight is 313 g/mol. The minimum Gasteiger partial charge on any atom is -0.316 e. The highest BCUT2D eigenvalue weighted by Gasteiger charge is 2.28. The summed E-state index contributed by atoms with van der Waals surface area (Å²) >= 11 is 0. The Morgan fingerprint density at radius 1 is 1.38 bits per heavy atom. The summed E-state index contributed by atoms with van der Waals surface area (Å²) in [7, 11) is -3.52. The van der Waals surface area contributed by atoms with Crippen molar-refractivity contribution < 1.29 is 8.42 Å². The molecule has 0 bridgehead atoms. The monoisotopic (exact) mass is 313 g/mol. The SMILES string of the molecule is CCCNCC1CCN(S(=O)(=O)Nc2cccnn2)CC1. The molecule has 1 fully saturated rings. The van der Waals surface area contributed by atoms with Crippen molar-refractivity contribution in [3.63, 3.8) is 0 Å². The molecule has 2 rings (SSSR count). The maximum atomic E-state index is 12.3. The molecule has 21 heavy (non-hydrogen) atoms. The predicted molar refractivity (Wildman–Crippen MR) is 82.0 cm³/mol. The Balaban J connectivity index is 1.83. The molecule has 1 aliphatic heterocycles. The summed E-state index contributed by atoms with van der Waals surface area (Å²) in [6, 6.07) is 3.24. The zero-order chi connectivity index (χ0) is 15.1.